The fraction of sp³-hybridized carbons (Fsp3) is 0.500. The summed E-state index contributed by atoms with van der Waals surface area (Å²) in [5, 5.41) is 4.42. The van der Waals surface area contributed by atoms with E-state index in [1.54, 1.807) is 7.11 Å². The highest BCUT2D eigenvalue weighted by Crippen LogP contribution is 2.21. The Morgan fingerprint density at radius 2 is 2.15 bits per heavy atom. The quantitative estimate of drug-likeness (QED) is 0.789. The van der Waals surface area contributed by atoms with E-state index in [-0.39, 0.29) is 0 Å². The molecule has 0 bridgehead atoms. The highest BCUT2D eigenvalue weighted by atomic mass is 32.2. The van der Waals surface area contributed by atoms with Crippen LogP contribution in [0.3, 0.4) is 0 Å². The lowest BCUT2D eigenvalue weighted by molar-refractivity contribution is 0.215. The average molecular weight is 378 g/mol. The van der Waals surface area contributed by atoms with E-state index in [9.17, 15) is 8.42 Å². The number of benzene rings is 1. The van der Waals surface area contributed by atoms with Crippen LogP contribution in [0.4, 0.5) is 0 Å². The summed E-state index contributed by atoms with van der Waals surface area (Å²) < 4.78 is 32.6. The predicted octanol–water partition coefficient (Wildman–Crippen LogP) is 1.46. The number of sulfonamides is 1. The Labute approximate surface area is 155 Å². The highest BCUT2D eigenvalue weighted by molar-refractivity contribution is 7.88. The van der Waals surface area contributed by atoms with Gasteiger partial charge in [0, 0.05) is 38.9 Å². The average Bonchev–Trinajstić information content (AvgIpc) is 2.93. The Balaban J connectivity index is 1.70. The third-order valence-corrected chi connectivity index (χ3v) is 5.32. The SMILES string of the molecule is COc1cccc(CN2Cc3ccnn3C[C@@H](CCNS(C)(=O)=O)C2)c1. The van der Waals surface area contributed by atoms with Crippen molar-refractivity contribution >= 4 is 10.0 Å². The second kappa shape index (κ2) is 8.20. The molecular weight excluding hydrogens is 352 g/mol. The Hall–Kier alpha value is -1.90. The van der Waals surface area contributed by atoms with E-state index in [4.69, 9.17) is 4.74 Å². The minimum Gasteiger partial charge on any atom is -0.497 e. The molecular formula is C18H26N4O3S. The van der Waals surface area contributed by atoms with Gasteiger partial charge in [0.25, 0.3) is 0 Å². The molecule has 8 heteroatoms. The predicted molar refractivity (Wildman–Crippen MR) is 100 cm³/mol. The van der Waals surface area contributed by atoms with E-state index in [2.05, 4.69) is 32.9 Å². The maximum atomic E-state index is 11.3. The number of rotatable bonds is 7. The maximum Gasteiger partial charge on any atom is 0.208 e. The van der Waals surface area contributed by atoms with Crippen LogP contribution in [-0.2, 0) is 29.7 Å². The van der Waals surface area contributed by atoms with Crippen molar-refractivity contribution in [3.8, 4) is 5.75 Å². The first kappa shape index (κ1) is 18.9. The lowest BCUT2D eigenvalue weighted by Crippen LogP contribution is -2.31. The molecule has 2 aromatic rings. The molecule has 0 unspecified atom stereocenters. The summed E-state index contributed by atoms with van der Waals surface area (Å²) in [6, 6.07) is 10.2. The summed E-state index contributed by atoms with van der Waals surface area (Å²) in [7, 11) is -1.48. The number of hydrogen-bond donors (Lipinski definition) is 1. The van der Waals surface area contributed by atoms with Gasteiger partial charge in [0.1, 0.15) is 5.75 Å². The van der Waals surface area contributed by atoms with Gasteiger partial charge in [0.15, 0.2) is 0 Å². The van der Waals surface area contributed by atoms with Crippen molar-refractivity contribution in [3.05, 3.63) is 47.8 Å². The fourth-order valence-electron chi connectivity index (χ4n) is 3.40. The Morgan fingerprint density at radius 1 is 1.31 bits per heavy atom. The monoisotopic (exact) mass is 378 g/mol. The van der Waals surface area contributed by atoms with Crippen molar-refractivity contribution in [2.24, 2.45) is 5.92 Å². The molecule has 7 nitrogen and oxygen atoms in total. The van der Waals surface area contributed by atoms with Crippen LogP contribution in [0, 0.1) is 5.92 Å². The number of hydrogen-bond acceptors (Lipinski definition) is 5. The van der Waals surface area contributed by atoms with Gasteiger partial charge in [-0.05, 0) is 36.1 Å². The standard InChI is InChI=1S/C18H26N4O3S/c1-25-18-5-3-4-15(10-18)11-21-12-16(6-9-20-26(2,23)24)13-22-17(14-21)7-8-19-22/h3-5,7-8,10,16,20H,6,9,11-14H2,1-2H3/t16-/m0/s1. The van der Waals surface area contributed by atoms with Gasteiger partial charge in [-0.15, -0.1) is 0 Å². The molecule has 0 spiro atoms. The van der Waals surface area contributed by atoms with Crippen LogP contribution in [0.1, 0.15) is 17.7 Å². The molecule has 0 fully saturated rings. The van der Waals surface area contributed by atoms with Crippen molar-refractivity contribution < 1.29 is 13.2 Å². The third-order valence-electron chi connectivity index (χ3n) is 4.59. The van der Waals surface area contributed by atoms with E-state index in [1.165, 1.54) is 17.5 Å². The smallest absolute Gasteiger partial charge is 0.208 e. The van der Waals surface area contributed by atoms with Crippen LogP contribution in [0.15, 0.2) is 36.5 Å². The Bertz CT molecular complexity index is 834. The van der Waals surface area contributed by atoms with E-state index in [0.717, 1.165) is 38.3 Å². The lowest BCUT2D eigenvalue weighted by Gasteiger charge is -2.24. The van der Waals surface area contributed by atoms with Gasteiger partial charge in [0.05, 0.1) is 19.1 Å². The lowest BCUT2D eigenvalue weighted by atomic mass is 10.1. The normalized spacial score (nSPS) is 18.3. The largest absolute Gasteiger partial charge is 0.497 e. The molecule has 1 atom stereocenters. The second-order valence-electron chi connectivity index (χ2n) is 6.85. The molecule has 0 aliphatic carbocycles. The number of ether oxygens (including phenoxy) is 1. The minimum atomic E-state index is -3.15. The molecule has 3 rings (SSSR count). The van der Waals surface area contributed by atoms with Crippen molar-refractivity contribution in [2.45, 2.75) is 26.1 Å². The van der Waals surface area contributed by atoms with Crippen LogP contribution < -0.4 is 9.46 Å². The fourth-order valence-corrected chi connectivity index (χ4v) is 3.89. The number of nitrogens with one attached hydrogen (secondary N) is 1. The third kappa shape index (κ3) is 5.30. The molecule has 1 aromatic carbocycles. The van der Waals surface area contributed by atoms with Crippen molar-refractivity contribution in [2.75, 3.05) is 26.5 Å². The van der Waals surface area contributed by atoms with E-state index in [0.29, 0.717) is 12.5 Å². The molecule has 1 N–H and O–H groups in total. The van der Waals surface area contributed by atoms with Gasteiger partial charge in [-0.2, -0.15) is 5.10 Å². The number of fused-ring (bicyclic) bond motifs is 1. The maximum absolute atomic E-state index is 11.3. The molecule has 0 radical (unpaired) electrons. The molecule has 1 aliphatic heterocycles. The molecule has 0 saturated carbocycles. The second-order valence-corrected chi connectivity index (χ2v) is 8.68. The molecule has 1 aromatic heterocycles. The van der Waals surface area contributed by atoms with Crippen LogP contribution in [-0.4, -0.2) is 49.6 Å². The zero-order valence-electron chi connectivity index (χ0n) is 15.3. The number of aromatic nitrogens is 2. The first-order valence-electron chi connectivity index (χ1n) is 8.73. The summed E-state index contributed by atoms with van der Waals surface area (Å²) in [6.07, 6.45) is 3.80. The molecule has 0 saturated heterocycles. The number of methoxy groups -OCH3 is 1. The summed E-state index contributed by atoms with van der Waals surface area (Å²) >= 11 is 0. The zero-order valence-corrected chi connectivity index (χ0v) is 16.1. The van der Waals surface area contributed by atoms with Crippen molar-refractivity contribution in [1.82, 2.24) is 19.4 Å². The van der Waals surface area contributed by atoms with Gasteiger partial charge in [-0.1, -0.05) is 12.1 Å². The van der Waals surface area contributed by atoms with E-state index >= 15 is 0 Å². The van der Waals surface area contributed by atoms with Crippen LogP contribution in [0.2, 0.25) is 0 Å². The molecule has 142 valence electrons. The molecule has 26 heavy (non-hydrogen) atoms. The molecule has 1 aliphatic rings. The highest BCUT2D eigenvalue weighted by Gasteiger charge is 2.22. The summed E-state index contributed by atoms with van der Waals surface area (Å²) in [6.45, 7) is 3.80. The van der Waals surface area contributed by atoms with Crippen LogP contribution >= 0.6 is 0 Å². The first-order chi connectivity index (χ1) is 12.4. The summed E-state index contributed by atoms with van der Waals surface area (Å²) in [5.74, 6) is 1.19. The summed E-state index contributed by atoms with van der Waals surface area (Å²) in [4.78, 5) is 2.39. The van der Waals surface area contributed by atoms with Crippen LogP contribution in [0.5, 0.6) is 5.75 Å². The summed E-state index contributed by atoms with van der Waals surface area (Å²) in [5.41, 5.74) is 2.39. The van der Waals surface area contributed by atoms with Gasteiger partial charge >= 0.3 is 0 Å². The Morgan fingerprint density at radius 3 is 2.92 bits per heavy atom. The Kier molecular flexibility index (Phi) is 5.95. The molecule has 0 amide bonds. The first-order valence-corrected chi connectivity index (χ1v) is 10.6. The van der Waals surface area contributed by atoms with E-state index in [1.807, 2.05) is 23.0 Å². The topological polar surface area (TPSA) is 76.5 Å². The van der Waals surface area contributed by atoms with Crippen molar-refractivity contribution in [3.63, 3.8) is 0 Å². The molecule has 2 heterocycles. The van der Waals surface area contributed by atoms with E-state index < -0.39 is 10.0 Å². The minimum absolute atomic E-state index is 0.330. The van der Waals surface area contributed by atoms with Crippen molar-refractivity contribution in [1.29, 1.82) is 0 Å². The van der Waals surface area contributed by atoms with Gasteiger partial charge in [0.2, 0.25) is 10.0 Å². The zero-order chi connectivity index (χ0) is 18.6. The number of nitrogens with zero attached hydrogens (tertiary/aromatic N) is 3. The van der Waals surface area contributed by atoms with Gasteiger partial charge in [-0.3, -0.25) is 9.58 Å². The van der Waals surface area contributed by atoms with Gasteiger partial charge < -0.3 is 4.74 Å². The van der Waals surface area contributed by atoms with Crippen LogP contribution in [0.25, 0.3) is 0 Å². The van der Waals surface area contributed by atoms with Gasteiger partial charge in [-0.25, -0.2) is 13.1 Å².